The molecule has 250 valence electrons. The maximum atomic E-state index is 13.5. The van der Waals surface area contributed by atoms with Crippen LogP contribution < -0.4 is 0 Å². The van der Waals surface area contributed by atoms with Crippen molar-refractivity contribution >= 4 is 99.7 Å². The normalized spacial score (nSPS) is 15.6. The van der Waals surface area contributed by atoms with E-state index in [0.29, 0.717) is 22.3 Å². The van der Waals surface area contributed by atoms with Crippen molar-refractivity contribution in [1.82, 2.24) is 0 Å². The topological polar surface area (TPSA) is 68.3 Å². The van der Waals surface area contributed by atoms with Crippen molar-refractivity contribution in [3.63, 3.8) is 0 Å². The molecule has 2 aromatic heterocycles. The first-order valence-corrected chi connectivity index (χ1v) is 19.1. The minimum atomic E-state index is -0.268. The summed E-state index contributed by atoms with van der Waals surface area (Å²) in [5.74, 6) is -0.887. The fraction of sp³-hybridized carbons (Fsp3) is 0.0638. The van der Waals surface area contributed by atoms with Gasteiger partial charge < -0.3 is 0 Å². The van der Waals surface area contributed by atoms with Gasteiger partial charge in [-0.05, 0) is 127 Å². The van der Waals surface area contributed by atoms with Crippen LogP contribution in [-0.4, -0.2) is 23.1 Å². The van der Waals surface area contributed by atoms with Gasteiger partial charge in [-0.15, -0.1) is 22.7 Å². The molecular weight excluding hydrogens is 693 g/mol. The molecule has 0 amide bonds. The van der Waals surface area contributed by atoms with Crippen LogP contribution in [0, 0.1) is 0 Å². The third-order valence-electron chi connectivity index (χ3n) is 11.3. The average Bonchev–Trinajstić information content (AvgIpc) is 3.91. The Bertz CT molecular complexity index is 2840. The lowest BCUT2D eigenvalue weighted by molar-refractivity contribution is 0.0975. The summed E-state index contributed by atoms with van der Waals surface area (Å²) in [6, 6.07) is 36.1. The van der Waals surface area contributed by atoms with Crippen molar-refractivity contribution in [2.24, 2.45) is 0 Å². The van der Waals surface area contributed by atoms with E-state index >= 15 is 0 Å². The monoisotopic (exact) mass is 718 g/mol. The predicted molar refractivity (Wildman–Crippen MR) is 216 cm³/mol. The number of carbonyl (C=O) groups excluding carboxylic acids is 4. The van der Waals surface area contributed by atoms with Gasteiger partial charge >= 0.3 is 0 Å². The SMILES string of the molecule is CC1(C)c2cc3cc(C=C4C(=O)c5cc6ccccc6cc5C4=O)sc3cc2-c2cc3sc(C=C4C(=O)c5cc6ccccc6cc5C4=O)cc3cc21. The Kier molecular flexibility index (Phi) is 6.05. The van der Waals surface area contributed by atoms with Crippen molar-refractivity contribution in [3.05, 3.63) is 163 Å². The van der Waals surface area contributed by atoms with Crippen LogP contribution in [0.5, 0.6) is 0 Å². The molecule has 11 rings (SSSR count). The van der Waals surface area contributed by atoms with Gasteiger partial charge in [0.05, 0.1) is 11.1 Å². The largest absolute Gasteiger partial charge is 0.288 e. The Morgan fingerprint density at radius 3 is 1.09 bits per heavy atom. The molecule has 0 bridgehead atoms. The average molecular weight is 719 g/mol. The van der Waals surface area contributed by atoms with Gasteiger partial charge in [-0.3, -0.25) is 19.2 Å². The lowest BCUT2D eigenvalue weighted by Crippen LogP contribution is -2.14. The van der Waals surface area contributed by atoms with E-state index in [0.717, 1.165) is 51.5 Å². The molecule has 3 aliphatic rings. The molecule has 0 atom stereocenters. The summed E-state index contributed by atoms with van der Waals surface area (Å²) in [7, 11) is 0. The van der Waals surface area contributed by atoms with Crippen LogP contribution in [0.4, 0.5) is 0 Å². The van der Waals surface area contributed by atoms with Crippen LogP contribution in [-0.2, 0) is 5.41 Å². The first-order chi connectivity index (χ1) is 25.6. The summed E-state index contributed by atoms with van der Waals surface area (Å²) in [6.07, 6.45) is 3.52. The molecule has 8 aromatic rings. The highest BCUT2D eigenvalue weighted by Crippen LogP contribution is 2.52. The lowest BCUT2D eigenvalue weighted by atomic mass is 9.82. The van der Waals surface area contributed by atoms with Gasteiger partial charge in [0, 0.05) is 46.8 Å². The summed E-state index contributed by atoms with van der Waals surface area (Å²) in [6.45, 7) is 4.49. The van der Waals surface area contributed by atoms with E-state index < -0.39 is 0 Å². The summed E-state index contributed by atoms with van der Waals surface area (Å²) in [5, 5.41) is 5.94. The number of benzene rings is 6. The second-order valence-electron chi connectivity index (χ2n) is 14.7. The molecule has 2 heterocycles. The molecule has 4 nitrogen and oxygen atoms in total. The van der Waals surface area contributed by atoms with E-state index in [2.05, 4.69) is 50.2 Å². The number of Topliss-reactive ketones (excluding diaryl/α,β-unsaturated/α-hetero) is 4. The minimum absolute atomic E-state index is 0.212. The lowest BCUT2D eigenvalue weighted by Gasteiger charge is -2.21. The highest BCUT2D eigenvalue weighted by Gasteiger charge is 2.38. The van der Waals surface area contributed by atoms with Crippen molar-refractivity contribution in [2.45, 2.75) is 19.3 Å². The zero-order valence-corrected chi connectivity index (χ0v) is 30.1. The van der Waals surface area contributed by atoms with Crippen LogP contribution in [0.1, 0.15) is 76.2 Å². The first-order valence-electron chi connectivity index (χ1n) is 17.5. The summed E-state index contributed by atoms with van der Waals surface area (Å²) >= 11 is 3.16. The molecule has 0 saturated heterocycles. The van der Waals surface area contributed by atoms with E-state index in [1.54, 1.807) is 34.8 Å². The third-order valence-corrected chi connectivity index (χ3v) is 13.4. The number of rotatable bonds is 2. The standard InChI is InChI=1S/C47H26O4S2/c1-47(2)39-17-27-11-29(19-37-43(48)33-13-23-7-3-4-8-24(23)14-34(33)44(37)49)52-41(27)21-31(39)32-22-42-28(18-40(32)47)12-30(53-42)20-38-45(50)35-15-25-9-5-6-10-26(25)16-36(35)46(38)51/h3-22H,1-2H3. The Hall–Kier alpha value is -6.08. The van der Waals surface area contributed by atoms with Gasteiger partial charge in [0.25, 0.3) is 0 Å². The Labute approximate surface area is 311 Å². The molecule has 0 aliphatic heterocycles. The zero-order valence-electron chi connectivity index (χ0n) is 28.5. The number of thiophene rings is 2. The molecular formula is C47H26O4S2. The highest BCUT2D eigenvalue weighted by molar-refractivity contribution is 7.20. The van der Waals surface area contributed by atoms with Gasteiger partial charge in [0.15, 0.2) is 23.1 Å². The van der Waals surface area contributed by atoms with Gasteiger partial charge in [-0.2, -0.15) is 0 Å². The molecule has 53 heavy (non-hydrogen) atoms. The maximum absolute atomic E-state index is 13.5. The molecule has 0 unspecified atom stereocenters. The fourth-order valence-electron chi connectivity index (χ4n) is 8.55. The highest BCUT2D eigenvalue weighted by atomic mass is 32.1. The third kappa shape index (κ3) is 4.28. The number of allylic oxidation sites excluding steroid dienone is 2. The number of hydrogen-bond donors (Lipinski definition) is 0. The van der Waals surface area contributed by atoms with E-state index in [4.69, 9.17) is 0 Å². The molecule has 0 N–H and O–H groups in total. The van der Waals surface area contributed by atoms with Crippen molar-refractivity contribution in [3.8, 4) is 11.1 Å². The van der Waals surface area contributed by atoms with Gasteiger partial charge in [0.1, 0.15) is 0 Å². The van der Waals surface area contributed by atoms with Crippen LogP contribution in [0.15, 0.2) is 120 Å². The van der Waals surface area contributed by atoms with Crippen LogP contribution in [0.25, 0.3) is 65.0 Å². The quantitative estimate of drug-likeness (QED) is 0.132. The zero-order chi connectivity index (χ0) is 35.9. The van der Waals surface area contributed by atoms with Gasteiger partial charge in [-0.25, -0.2) is 0 Å². The summed E-state index contributed by atoms with van der Waals surface area (Å²) in [5.41, 5.74) is 6.85. The first kappa shape index (κ1) is 30.5. The van der Waals surface area contributed by atoms with Crippen molar-refractivity contribution in [2.75, 3.05) is 0 Å². The fourth-order valence-corrected chi connectivity index (χ4v) is 10.6. The number of ketones is 4. The number of hydrogen-bond acceptors (Lipinski definition) is 6. The van der Waals surface area contributed by atoms with Crippen LogP contribution >= 0.6 is 22.7 Å². The summed E-state index contributed by atoms with van der Waals surface area (Å²) in [4.78, 5) is 55.6. The van der Waals surface area contributed by atoms with Crippen molar-refractivity contribution < 1.29 is 19.2 Å². The number of carbonyl (C=O) groups is 4. The van der Waals surface area contributed by atoms with Crippen LogP contribution in [0.2, 0.25) is 0 Å². The van der Waals surface area contributed by atoms with Crippen LogP contribution in [0.3, 0.4) is 0 Å². The molecule has 0 saturated carbocycles. The second kappa shape index (κ2) is 10.5. The smallest absolute Gasteiger partial charge is 0.197 e. The molecule has 0 spiro atoms. The van der Waals surface area contributed by atoms with Crippen molar-refractivity contribution in [1.29, 1.82) is 0 Å². The summed E-state index contributed by atoms with van der Waals surface area (Å²) < 4.78 is 2.17. The molecule has 6 aromatic carbocycles. The minimum Gasteiger partial charge on any atom is -0.288 e. The molecule has 3 aliphatic carbocycles. The Morgan fingerprint density at radius 1 is 0.415 bits per heavy atom. The molecule has 0 fully saturated rings. The second-order valence-corrected chi connectivity index (χ2v) is 16.9. The number of fused-ring (bicyclic) bond motifs is 9. The van der Waals surface area contributed by atoms with Gasteiger partial charge in [-0.1, -0.05) is 62.4 Å². The maximum Gasteiger partial charge on any atom is 0.197 e. The predicted octanol–water partition coefficient (Wildman–Crippen LogP) is 11.7. The van der Waals surface area contributed by atoms with E-state index in [1.165, 1.54) is 22.3 Å². The Morgan fingerprint density at radius 2 is 0.755 bits per heavy atom. The molecule has 6 heteroatoms. The molecule has 0 radical (unpaired) electrons. The van der Waals surface area contributed by atoms with E-state index in [9.17, 15) is 19.2 Å². The van der Waals surface area contributed by atoms with E-state index in [1.807, 2.05) is 72.8 Å². The van der Waals surface area contributed by atoms with Gasteiger partial charge in [0.2, 0.25) is 0 Å². The van der Waals surface area contributed by atoms with E-state index in [-0.39, 0.29) is 39.7 Å². The Balaban J connectivity index is 0.956.